The van der Waals surface area contributed by atoms with Crippen molar-refractivity contribution in [2.45, 2.75) is 19.4 Å². The van der Waals surface area contributed by atoms with Crippen molar-refractivity contribution in [1.29, 1.82) is 0 Å². The predicted molar refractivity (Wildman–Crippen MR) is 99.5 cm³/mol. The van der Waals surface area contributed by atoms with Gasteiger partial charge in [0, 0.05) is 44.5 Å². The van der Waals surface area contributed by atoms with Gasteiger partial charge >= 0.3 is 0 Å². The second-order valence-electron chi connectivity index (χ2n) is 6.84. The number of nitrogens with zero attached hydrogens (tertiary/aromatic N) is 3. The third-order valence-corrected chi connectivity index (χ3v) is 6.91. The molecule has 1 atom stereocenters. The molecule has 0 N–H and O–H groups in total. The average Bonchev–Trinajstić information content (AvgIpc) is 2.96. The summed E-state index contributed by atoms with van der Waals surface area (Å²) in [6, 6.07) is 10.2. The maximum Gasteiger partial charge on any atom is 0.237 e. The van der Waals surface area contributed by atoms with Crippen LogP contribution in [0.1, 0.15) is 13.3 Å². The molecule has 138 valence electrons. The summed E-state index contributed by atoms with van der Waals surface area (Å²) in [4.78, 5) is 18.9. The Hall–Kier alpha value is -1.60. The van der Waals surface area contributed by atoms with Crippen LogP contribution in [0.15, 0.2) is 30.3 Å². The Kier molecular flexibility index (Phi) is 5.64. The number of rotatable bonds is 5. The molecule has 0 aromatic heterocycles. The molecule has 1 aromatic carbocycles. The molecule has 7 heteroatoms. The van der Waals surface area contributed by atoms with Gasteiger partial charge in [-0.1, -0.05) is 18.2 Å². The molecule has 0 saturated carbocycles. The minimum Gasteiger partial charge on any atom is -0.369 e. The van der Waals surface area contributed by atoms with Crippen molar-refractivity contribution in [3.63, 3.8) is 0 Å². The first-order chi connectivity index (χ1) is 12.0. The molecule has 0 bridgehead atoms. The third kappa shape index (κ3) is 4.52. The number of benzene rings is 1. The number of amides is 1. The Bertz CT molecular complexity index is 685. The second-order valence-corrected chi connectivity index (χ2v) is 9.06. The third-order valence-electron chi connectivity index (χ3n) is 5.16. The molecule has 1 aromatic rings. The molecule has 0 spiro atoms. The monoisotopic (exact) mass is 365 g/mol. The van der Waals surface area contributed by atoms with Gasteiger partial charge in [0.1, 0.15) is 0 Å². The highest BCUT2D eigenvalue weighted by molar-refractivity contribution is 7.91. The first kappa shape index (κ1) is 18.2. The van der Waals surface area contributed by atoms with Crippen molar-refractivity contribution in [3.05, 3.63) is 30.3 Å². The van der Waals surface area contributed by atoms with Crippen LogP contribution in [0.2, 0.25) is 0 Å². The molecule has 0 unspecified atom stereocenters. The van der Waals surface area contributed by atoms with Crippen molar-refractivity contribution in [1.82, 2.24) is 9.80 Å². The van der Waals surface area contributed by atoms with E-state index in [1.165, 1.54) is 5.69 Å². The van der Waals surface area contributed by atoms with Gasteiger partial charge in [0.05, 0.1) is 18.1 Å². The summed E-state index contributed by atoms with van der Waals surface area (Å²) in [6.45, 7) is 6.39. The second kappa shape index (κ2) is 7.74. The largest absolute Gasteiger partial charge is 0.369 e. The molecule has 1 amide bonds. The molecule has 6 nitrogen and oxygen atoms in total. The lowest BCUT2D eigenvalue weighted by molar-refractivity contribution is -0.134. The van der Waals surface area contributed by atoms with Gasteiger partial charge in [-0.05, 0) is 25.5 Å². The smallest absolute Gasteiger partial charge is 0.237 e. The van der Waals surface area contributed by atoms with Crippen molar-refractivity contribution < 1.29 is 13.2 Å². The van der Waals surface area contributed by atoms with Crippen LogP contribution < -0.4 is 4.90 Å². The fourth-order valence-corrected chi connectivity index (χ4v) is 5.48. The van der Waals surface area contributed by atoms with E-state index in [4.69, 9.17) is 0 Å². The Labute approximate surface area is 150 Å². The molecule has 0 aliphatic carbocycles. The molecule has 3 rings (SSSR count). The zero-order valence-electron chi connectivity index (χ0n) is 14.8. The van der Waals surface area contributed by atoms with Gasteiger partial charge in [0.15, 0.2) is 9.84 Å². The predicted octanol–water partition coefficient (Wildman–Crippen LogP) is 0.844. The molecule has 2 aliphatic rings. The van der Waals surface area contributed by atoms with Gasteiger partial charge in [0.2, 0.25) is 5.91 Å². The number of sulfone groups is 1. The van der Waals surface area contributed by atoms with Crippen LogP contribution in [0.5, 0.6) is 0 Å². The summed E-state index contributed by atoms with van der Waals surface area (Å²) < 4.78 is 23.4. The Morgan fingerprint density at radius 2 is 1.84 bits per heavy atom. The van der Waals surface area contributed by atoms with Gasteiger partial charge in [-0.2, -0.15) is 0 Å². The summed E-state index contributed by atoms with van der Waals surface area (Å²) >= 11 is 0. The van der Waals surface area contributed by atoms with Gasteiger partial charge in [-0.3, -0.25) is 9.69 Å². The lowest BCUT2D eigenvalue weighted by atomic mass is 10.2. The summed E-state index contributed by atoms with van der Waals surface area (Å²) in [7, 11) is -2.97. The van der Waals surface area contributed by atoms with Crippen LogP contribution >= 0.6 is 0 Å². The molecule has 0 radical (unpaired) electrons. The van der Waals surface area contributed by atoms with E-state index in [1.807, 2.05) is 25.1 Å². The number of para-hydroxylation sites is 1. The van der Waals surface area contributed by atoms with E-state index in [-0.39, 0.29) is 23.5 Å². The Balaban J connectivity index is 1.52. The van der Waals surface area contributed by atoms with Crippen molar-refractivity contribution in [2.24, 2.45) is 0 Å². The normalized spacial score (nSPS) is 23.6. The number of hydrogen-bond acceptors (Lipinski definition) is 5. The number of anilines is 1. The van der Waals surface area contributed by atoms with E-state index in [0.29, 0.717) is 19.5 Å². The summed E-state index contributed by atoms with van der Waals surface area (Å²) in [5, 5.41) is 0. The van der Waals surface area contributed by atoms with Crippen LogP contribution in [0.4, 0.5) is 5.69 Å². The maximum atomic E-state index is 12.7. The van der Waals surface area contributed by atoms with Crippen LogP contribution in [-0.4, -0.2) is 80.9 Å². The van der Waals surface area contributed by atoms with Crippen molar-refractivity contribution in [3.8, 4) is 0 Å². The van der Waals surface area contributed by atoms with E-state index in [2.05, 4.69) is 21.9 Å². The number of hydrogen-bond donors (Lipinski definition) is 0. The first-order valence-corrected chi connectivity index (χ1v) is 10.8. The fourth-order valence-electron chi connectivity index (χ4n) is 3.74. The number of carbonyl (C=O) groups is 1. The average molecular weight is 365 g/mol. The Morgan fingerprint density at radius 3 is 2.40 bits per heavy atom. The quantitative estimate of drug-likeness (QED) is 0.774. The molecular formula is C18H27N3O3S. The molecule has 2 aliphatic heterocycles. The number of carbonyl (C=O) groups excluding carboxylic acids is 1. The molecule has 25 heavy (non-hydrogen) atoms. The molecule has 2 saturated heterocycles. The van der Waals surface area contributed by atoms with Crippen LogP contribution in [-0.2, 0) is 14.6 Å². The maximum absolute atomic E-state index is 12.7. The lowest BCUT2D eigenvalue weighted by Crippen LogP contribution is -2.51. The SMILES string of the molecule is CCN(C(=O)CN1CCN(c2ccccc2)CC1)[C@H]1CCS(=O)(=O)C1. The first-order valence-electron chi connectivity index (χ1n) is 9.01. The summed E-state index contributed by atoms with van der Waals surface area (Å²) in [6.07, 6.45) is 0.573. The zero-order chi connectivity index (χ0) is 17.9. The summed E-state index contributed by atoms with van der Waals surface area (Å²) in [5.41, 5.74) is 1.22. The highest BCUT2D eigenvalue weighted by Crippen LogP contribution is 2.19. The summed E-state index contributed by atoms with van der Waals surface area (Å²) in [5.74, 6) is 0.378. The Morgan fingerprint density at radius 1 is 1.16 bits per heavy atom. The van der Waals surface area contributed by atoms with Crippen molar-refractivity contribution >= 4 is 21.4 Å². The number of piperazine rings is 1. The van der Waals surface area contributed by atoms with Gasteiger partial charge in [-0.25, -0.2) is 8.42 Å². The highest BCUT2D eigenvalue weighted by atomic mass is 32.2. The van der Waals surface area contributed by atoms with Gasteiger partial charge in [-0.15, -0.1) is 0 Å². The van der Waals surface area contributed by atoms with Gasteiger partial charge < -0.3 is 9.80 Å². The fraction of sp³-hybridized carbons (Fsp3) is 0.611. The highest BCUT2D eigenvalue weighted by Gasteiger charge is 2.34. The minimum atomic E-state index is -2.97. The van der Waals surface area contributed by atoms with E-state index >= 15 is 0 Å². The molecular weight excluding hydrogens is 338 g/mol. The van der Waals surface area contributed by atoms with E-state index in [0.717, 1.165) is 26.2 Å². The molecule has 2 heterocycles. The standard InChI is InChI=1S/C18H27N3O3S/c1-2-21(17-8-13-25(23,24)15-17)18(22)14-19-9-11-20(12-10-19)16-6-4-3-5-7-16/h3-7,17H,2,8-15H2,1H3/t17-/m0/s1. The van der Waals surface area contributed by atoms with E-state index in [9.17, 15) is 13.2 Å². The number of likely N-dealkylation sites (N-methyl/N-ethyl adjacent to an activating group) is 1. The molecule has 2 fully saturated rings. The topological polar surface area (TPSA) is 60.9 Å². The minimum absolute atomic E-state index is 0.0535. The van der Waals surface area contributed by atoms with Crippen LogP contribution in [0.25, 0.3) is 0 Å². The van der Waals surface area contributed by atoms with Crippen LogP contribution in [0, 0.1) is 0 Å². The zero-order valence-corrected chi connectivity index (χ0v) is 15.6. The van der Waals surface area contributed by atoms with E-state index in [1.54, 1.807) is 4.90 Å². The van der Waals surface area contributed by atoms with Gasteiger partial charge in [0.25, 0.3) is 0 Å². The lowest BCUT2D eigenvalue weighted by Gasteiger charge is -2.37. The van der Waals surface area contributed by atoms with E-state index < -0.39 is 9.84 Å². The van der Waals surface area contributed by atoms with Crippen LogP contribution in [0.3, 0.4) is 0 Å². The van der Waals surface area contributed by atoms with Crippen molar-refractivity contribution in [2.75, 3.05) is 55.7 Å².